The average Bonchev–Trinajstić information content (AvgIpc) is 2.93. The maximum absolute atomic E-state index is 12.9. The molecular formula is C30H35N3O4. The van der Waals surface area contributed by atoms with Crippen molar-refractivity contribution >= 4 is 23.4 Å². The summed E-state index contributed by atoms with van der Waals surface area (Å²) in [7, 11) is 3.82. The van der Waals surface area contributed by atoms with Crippen LogP contribution in [0.2, 0.25) is 0 Å². The summed E-state index contributed by atoms with van der Waals surface area (Å²) in [6.07, 6.45) is 1.97. The van der Waals surface area contributed by atoms with E-state index in [1.165, 1.54) is 0 Å². The molecule has 1 heterocycles. The first-order chi connectivity index (χ1) is 17.9. The van der Waals surface area contributed by atoms with E-state index >= 15 is 0 Å². The zero-order chi connectivity index (χ0) is 26.2. The van der Waals surface area contributed by atoms with Gasteiger partial charge < -0.3 is 19.6 Å². The molecule has 7 nitrogen and oxygen atoms in total. The average molecular weight is 502 g/mol. The molecule has 2 N–H and O–H groups in total. The van der Waals surface area contributed by atoms with Crippen molar-refractivity contribution in [2.45, 2.75) is 38.4 Å². The summed E-state index contributed by atoms with van der Waals surface area (Å²) in [6, 6.07) is 23.1. The molecule has 3 aromatic carbocycles. The van der Waals surface area contributed by atoms with Gasteiger partial charge in [0.15, 0.2) is 0 Å². The number of piperidine rings is 1. The summed E-state index contributed by atoms with van der Waals surface area (Å²) < 4.78 is 5.72. The van der Waals surface area contributed by atoms with Crippen LogP contribution >= 0.6 is 0 Å². The number of likely N-dealkylation sites (tertiary alicyclic amines) is 1. The van der Waals surface area contributed by atoms with Gasteiger partial charge in [-0.2, -0.15) is 0 Å². The Morgan fingerprint density at radius 3 is 2.35 bits per heavy atom. The lowest BCUT2D eigenvalue weighted by Gasteiger charge is -2.28. The Morgan fingerprint density at radius 2 is 1.68 bits per heavy atom. The van der Waals surface area contributed by atoms with E-state index in [1.807, 2.05) is 72.8 Å². The number of nitrogens with one attached hydrogen (secondary N) is 1. The van der Waals surface area contributed by atoms with E-state index < -0.39 is 6.09 Å². The molecule has 0 spiro atoms. The summed E-state index contributed by atoms with van der Waals surface area (Å²) in [5.74, 6) is -0.0138. The van der Waals surface area contributed by atoms with Crippen molar-refractivity contribution in [1.29, 1.82) is 0 Å². The Labute approximate surface area is 218 Å². The molecule has 3 aromatic rings. The number of aryl methyl sites for hydroxylation is 1. The molecule has 0 atom stereocenters. The summed E-state index contributed by atoms with van der Waals surface area (Å²) in [5, 5.41) is 12.2. The van der Waals surface area contributed by atoms with Crippen molar-refractivity contribution in [1.82, 2.24) is 4.90 Å². The monoisotopic (exact) mass is 501 g/mol. The molecule has 0 radical (unpaired) electrons. The molecule has 1 fully saturated rings. The molecule has 0 aliphatic carbocycles. The number of benzene rings is 3. The van der Waals surface area contributed by atoms with Gasteiger partial charge in [-0.15, -0.1) is 0 Å². The Morgan fingerprint density at radius 1 is 1.00 bits per heavy atom. The van der Waals surface area contributed by atoms with Crippen molar-refractivity contribution < 1.29 is 19.4 Å². The number of ether oxygens (including phenoxy) is 1. The van der Waals surface area contributed by atoms with E-state index in [0.29, 0.717) is 18.5 Å². The molecule has 0 unspecified atom stereocenters. The van der Waals surface area contributed by atoms with Crippen molar-refractivity contribution in [3.63, 3.8) is 0 Å². The second-order valence-electron chi connectivity index (χ2n) is 9.56. The van der Waals surface area contributed by atoms with Crippen LogP contribution < -0.4 is 10.2 Å². The summed E-state index contributed by atoms with van der Waals surface area (Å²) in [6.45, 7) is 1.80. The predicted octanol–water partition coefficient (Wildman–Crippen LogP) is 5.08. The van der Waals surface area contributed by atoms with Crippen LogP contribution in [0.15, 0.2) is 72.8 Å². The molecule has 1 saturated heterocycles. The van der Waals surface area contributed by atoms with Crippen molar-refractivity contribution in [3.8, 4) is 11.1 Å². The third kappa shape index (κ3) is 7.18. The summed E-state index contributed by atoms with van der Waals surface area (Å²) >= 11 is 0. The van der Waals surface area contributed by atoms with Crippen LogP contribution in [0.3, 0.4) is 0 Å². The zero-order valence-electron chi connectivity index (χ0n) is 21.5. The van der Waals surface area contributed by atoms with Gasteiger partial charge in [0, 0.05) is 37.8 Å². The van der Waals surface area contributed by atoms with Crippen LogP contribution in [0.25, 0.3) is 11.1 Å². The first kappa shape index (κ1) is 26.4. The van der Waals surface area contributed by atoms with Crippen LogP contribution in [-0.2, 0) is 22.6 Å². The third-order valence-corrected chi connectivity index (χ3v) is 6.85. The Bertz CT molecular complexity index is 1190. The fourth-order valence-electron chi connectivity index (χ4n) is 4.50. The zero-order valence-corrected chi connectivity index (χ0v) is 21.5. The van der Waals surface area contributed by atoms with E-state index in [0.717, 1.165) is 53.9 Å². The van der Waals surface area contributed by atoms with Crippen molar-refractivity contribution in [2.75, 3.05) is 37.4 Å². The number of anilines is 2. The van der Waals surface area contributed by atoms with Gasteiger partial charge in [-0.05, 0) is 61.2 Å². The topological polar surface area (TPSA) is 82.1 Å². The van der Waals surface area contributed by atoms with Gasteiger partial charge in [-0.3, -0.25) is 10.1 Å². The van der Waals surface area contributed by atoms with E-state index in [9.17, 15) is 14.7 Å². The minimum atomic E-state index is -0.453. The summed E-state index contributed by atoms with van der Waals surface area (Å²) in [5.41, 5.74) is 5.09. The fourth-order valence-corrected chi connectivity index (χ4v) is 4.50. The molecule has 7 heteroatoms. The molecule has 1 aliphatic heterocycles. The highest BCUT2D eigenvalue weighted by Crippen LogP contribution is 2.30. The van der Waals surface area contributed by atoms with Gasteiger partial charge in [0.25, 0.3) is 0 Å². The molecule has 4 rings (SSSR count). The first-order valence-electron chi connectivity index (χ1n) is 12.7. The number of carbonyl (C=O) groups is 2. The van der Waals surface area contributed by atoms with Crippen LogP contribution in [0.1, 0.15) is 30.4 Å². The number of amides is 2. The van der Waals surface area contributed by atoms with E-state index in [-0.39, 0.29) is 18.6 Å². The SMILES string of the molecule is CN1CCC(OC(=O)Nc2cc(CCC(=O)N(C)c3ccc(CO)cc3)ccc2-c2ccccc2)CC1. The van der Waals surface area contributed by atoms with Crippen LogP contribution in [0.4, 0.5) is 16.2 Å². The smallest absolute Gasteiger partial charge is 0.411 e. The van der Waals surface area contributed by atoms with Crippen LogP contribution in [0.5, 0.6) is 0 Å². The lowest BCUT2D eigenvalue weighted by Crippen LogP contribution is -2.36. The highest BCUT2D eigenvalue weighted by Gasteiger charge is 2.21. The minimum Gasteiger partial charge on any atom is -0.446 e. The number of nitrogens with zero attached hydrogens (tertiary/aromatic N) is 2. The molecule has 0 bridgehead atoms. The van der Waals surface area contributed by atoms with Crippen molar-refractivity contribution in [2.24, 2.45) is 0 Å². The van der Waals surface area contributed by atoms with Gasteiger partial charge in [0.2, 0.25) is 5.91 Å². The number of hydrogen-bond donors (Lipinski definition) is 2. The molecule has 0 saturated carbocycles. The van der Waals surface area contributed by atoms with Crippen LogP contribution in [0, 0.1) is 0 Å². The maximum Gasteiger partial charge on any atom is 0.411 e. The second-order valence-corrected chi connectivity index (χ2v) is 9.56. The quantitative estimate of drug-likeness (QED) is 0.450. The molecule has 194 valence electrons. The summed E-state index contributed by atoms with van der Waals surface area (Å²) in [4.78, 5) is 29.5. The van der Waals surface area contributed by atoms with Crippen molar-refractivity contribution in [3.05, 3.63) is 83.9 Å². The predicted molar refractivity (Wildman–Crippen MR) is 147 cm³/mol. The number of carbonyl (C=O) groups excluding carboxylic acids is 2. The van der Waals surface area contributed by atoms with Crippen LogP contribution in [-0.4, -0.2) is 55.3 Å². The van der Waals surface area contributed by atoms with Gasteiger partial charge in [-0.1, -0.05) is 54.6 Å². The minimum absolute atomic E-state index is 0.0138. The molecule has 1 aliphatic rings. The fraction of sp³-hybridized carbons (Fsp3) is 0.333. The lowest BCUT2D eigenvalue weighted by atomic mass is 9.99. The number of rotatable bonds is 8. The normalized spacial score (nSPS) is 14.2. The highest BCUT2D eigenvalue weighted by atomic mass is 16.6. The van der Waals surface area contributed by atoms with E-state index in [4.69, 9.17) is 4.74 Å². The maximum atomic E-state index is 12.9. The Hall–Kier alpha value is -3.68. The van der Waals surface area contributed by atoms with Gasteiger partial charge in [0.05, 0.1) is 12.3 Å². The molecular weight excluding hydrogens is 466 g/mol. The first-order valence-corrected chi connectivity index (χ1v) is 12.7. The number of hydrogen-bond acceptors (Lipinski definition) is 5. The number of aliphatic hydroxyl groups excluding tert-OH is 1. The Balaban J connectivity index is 1.45. The van der Waals surface area contributed by atoms with Gasteiger partial charge in [0.1, 0.15) is 6.10 Å². The third-order valence-electron chi connectivity index (χ3n) is 6.85. The molecule has 37 heavy (non-hydrogen) atoms. The molecule has 2 amide bonds. The van der Waals surface area contributed by atoms with E-state index in [2.05, 4.69) is 17.3 Å². The largest absolute Gasteiger partial charge is 0.446 e. The Kier molecular flexibility index (Phi) is 8.93. The highest BCUT2D eigenvalue weighted by molar-refractivity contribution is 5.93. The van der Waals surface area contributed by atoms with Gasteiger partial charge in [-0.25, -0.2) is 4.79 Å². The second kappa shape index (κ2) is 12.5. The van der Waals surface area contributed by atoms with E-state index in [1.54, 1.807) is 11.9 Å². The standard InChI is InChI=1S/C30H35N3O4/c1-32-18-16-26(17-19-32)37-30(36)31-28-20-22(10-14-27(28)24-6-4-3-5-7-24)11-15-29(35)33(2)25-12-8-23(21-34)9-13-25/h3-10,12-14,20,26,34H,11,15-19,21H2,1-2H3,(H,31,36). The number of aliphatic hydroxyl groups is 1. The lowest BCUT2D eigenvalue weighted by molar-refractivity contribution is -0.118. The van der Waals surface area contributed by atoms with Gasteiger partial charge >= 0.3 is 6.09 Å². The molecule has 0 aromatic heterocycles.